The first kappa shape index (κ1) is 23.2. The Hall–Kier alpha value is -3.59. The summed E-state index contributed by atoms with van der Waals surface area (Å²) in [6.07, 6.45) is 2.08. The second-order valence-electron chi connectivity index (χ2n) is 8.07. The van der Waals surface area contributed by atoms with Crippen LogP contribution in [0.3, 0.4) is 0 Å². The summed E-state index contributed by atoms with van der Waals surface area (Å²) < 4.78 is 66.8. The van der Waals surface area contributed by atoms with Crippen molar-refractivity contribution in [2.24, 2.45) is 0 Å². The van der Waals surface area contributed by atoms with Gasteiger partial charge >= 0.3 is 6.18 Å². The van der Waals surface area contributed by atoms with Crippen LogP contribution in [0.1, 0.15) is 31.6 Å². The molecule has 1 aliphatic rings. The van der Waals surface area contributed by atoms with E-state index in [0.29, 0.717) is 18.4 Å². The largest absolute Gasteiger partial charge is 0.408 e. The fourth-order valence-corrected chi connectivity index (χ4v) is 5.06. The number of imidazole rings is 1. The van der Waals surface area contributed by atoms with Gasteiger partial charge in [-0.2, -0.15) is 22.4 Å². The smallest absolute Gasteiger partial charge is 0.388 e. The van der Waals surface area contributed by atoms with Crippen molar-refractivity contribution in [3.63, 3.8) is 0 Å². The summed E-state index contributed by atoms with van der Waals surface area (Å²) >= 11 is 0. The number of nitrogens with zero attached hydrogens (tertiary/aromatic N) is 7. The lowest BCUT2D eigenvalue weighted by Gasteiger charge is -2.20. The van der Waals surface area contributed by atoms with Gasteiger partial charge in [0.05, 0.1) is 34.9 Å². The van der Waals surface area contributed by atoms with Crippen LogP contribution in [-0.4, -0.2) is 58.6 Å². The van der Waals surface area contributed by atoms with Gasteiger partial charge in [0.25, 0.3) is 10.0 Å². The molecular weight excluding hydrogens is 489 g/mol. The van der Waals surface area contributed by atoms with Gasteiger partial charge in [-0.05, 0) is 25.8 Å². The van der Waals surface area contributed by atoms with Gasteiger partial charge in [-0.25, -0.2) is 28.4 Å². The lowest BCUT2D eigenvalue weighted by molar-refractivity contribution is -0.162. The van der Waals surface area contributed by atoms with E-state index in [-0.39, 0.29) is 34.3 Å². The minimum absolute atomic E-state index is 0.133. The number of pyridine rings is 1. The van der Waals surface area contributed by atoms with Crippen molar-refractivity contribution in [2.45, 2.75) is 43.8 Å². The van der Waals surface area contributed by atoms with Gasteiger partial charge in [0, 0.05) is 12.3 Å². The molecule has 0 saturated heterocycles. The summed E-state index contributed by atoms with van der Waals surface area (Å²) in [7, 11) is -3.54. The third-order valence-electron chi connectivity index (χ3n) is 5.59. The molecule has 184 valence electrons. The standard InChI is InChI=1S/C20H19F3N8O3S/c1-11(20(21,22)23)31-15-6-17(25-8-14(15)27-18(31)10-32)28-16-4-5-24-19(29-16)12-7-26-30(9-12)35(33,34)13-2-3-13/h4-9,11,13,32H,2-3,10H2,1H3,(H,24,25,28,29)/t11-/m0/s1. The summed E-state index contributed by atoms with van der Waals surface area (Å²) in [5.74, 6) is 0.532. The van der Waals surface area contributed by atoms with Crippen molar-refractivity contribution in [3.8, 4) is 11.4 Å². The number of aromatic nitrogens is 7. The molecule has 0 radical (unpaired) electrons. The molecule has 5 rings (SSSR count). The third kappa shape index (κ3) is 4.32. The lowest BCUT2D eigenvalue weighted by Crippen LogP contribution is -2.25. The highest BCUT2D eigenvalue weighted by atomic mass is 32.2. The monoisotopic (exact) mass is 508 g/mol. The topological polar surface area (TPSA) is 141 Å². The second kappa shape index (κ2) is 8.27. The van der Waals surface area contributed by atoms with E-state index in [2.05, 4.69) is 30.4 Å². The van der Waals surface area contributed by atoms with Crippen LogP contribution in [-0.2, 0) is 16.6 Å². The van der Waals surface area contributed by atoms with Gasteiger partial charge in [-0.3, -0.25) is 0 Å². The number of aliphatic hydroxyl groups is 1. The fourth-order valence-electron chi connectivity index (χ4n) is 3.58. The highest BCUT2D eigenvalue weighted by Crippen LogP contribution is 2.34. The second-order valence-corrected chi connectivity index (χ2v) is 10.1. The Morgan fingerprint density at radius 3 is 2.66 bits per heavy atom. The van der Waals surface area contributed by atoms with E-state index >= 15 is 0 Å². The average molecular weight is 508 g/mol. The van der Waals surface area contributed by atoms with Crippen molar-refractivity contribution in [1.82, 2.24) is 33.7 Å². The molecule has 11 nitrogen and oxygen atoms in total. The molecule has 4 aromatic heterocycles. The predicted octanol–water partition coefficient (Wildman–Crippen LogP) is 2.78. The molecule has 1 atom stereocenters. The number of alkyl halides is 3. The molecule has 0 aliphatic heterocycles. The zero-order valence-corrected chi connectivity index (χ0v) is 19.0. The van der Waals surface area contributed by atoms with Crippen molar-refractivity contribution >= 4 is 32.7 Å². The zero-order valence-electron chi connectivity index (χ0n) is 18.2. The van der Waals surface area contributed by atoms with E-state index in [1.54, 1.807) is 0 Å². The van der Waals surface area contributed by atoms with E-state index in [9.17, 15) is 26.7 Å². The number of rotatable bonds is 7. The molecule has 0 bridgehead atoms. The van der Waals surface area contributed by atoms with Gasteiger partial charge in [0.15, 0.2) is 5.82 Å². The van der Waals surface area contributed by atoms with Gasteiger partial charge in [-0.1, -0.05) is 0 Å². The van der Waals surface area contributed by atoms with Gasteiger partial charge in [0.1, 0.15) is 35.6 Å². The maximum atomic E-state index is 13.4. The molecule has 0 spiro atoms. The lowest BCUT2D eigenvalue weighted by atomic mass is 10.3. The van der Waals surface area contributed by atoms with E-state index in [1.165, 1.54) is 36.9 Å². The summed E-state index contributed by atoms with van der Waals surface area (Å²) in [6, 6.07) is 0.986. The van der Waals surface area contributed by atoms with Gasteiger partial charge in [-0.15, -0.1) is 0 Å². The number of anilines is 2. The van der Waals surface area contributed by atoms with Crippen LogP contribution in [0.4, 0.5) is 24.8 Å². The first-order valence-electron chi connectivity index (χ1n) is 10.5. The van der Waals surface area contributed by atoms with Crippen LogP contribution in [0.25, 0.3) is 22.4 Å². The normalized spacial score (nSPS) is 15.5. The van der Waals surface area contributed by atoms with E-state index in [0.717, 1.165) is 15.6 Å². The molecule has 0 aromatic carbocycles. The van der Waals surface area contributed by atoms with Gasteiger partial charge < -0.3 is 15.0 Å². The maximum Gasteiger partial charge on any atom is 0.408 e. The molecule has 4 aromatic rings. The Morgan fingerprint density at radius 1 is 1.20 bits per heavy atom. The molecule has 1 saturated carbocycles. The van der Waals surface area contributed by atoms with E-state index in [4.69, 9.17) is 0 Å². The summed E-state index contributed by atoms with van der Waals surface area (Å²) in [5, 5.41) is 15.9. The van der Waals surface area contributed by atoms with Crippen LogP contribution in [0, 0.1) is 0 Å². The van der Waals surface area contributed by atoms with Gasteiger partial charge in [0.2, 0.25) is 0 Å². The molecule has 1 fully saturated rings. The Labute approximate surface area is 196 Å². The third-order valence-corrected chi connectivity index (χ3v) is 7.62. The van der Waals surface area contributed by atoms with Crippen LogP contribution in [0.2, 0.25) is 0 Å². The zero-order chi connectivity index (χ0) is 25.0. The number of hydrogen-bond acceptors (Lipinski definition) is 9. The highest BCUT2D eigenvalue weighted by Gasteiger charge is 2.39. The van der Waals surface area contributed by atoms with Crippen molar-refractivity contribution in [2.75, 3.05) is 5.32 Å². The quantitative estimate of drug-likeness (QED) is 0.385. The fraction of sp³-hybridized carbons (Fsp3) is 0.350. The van der Waals surface area contributed by atoms with E-state index in [1.807, 2.05) is 0 Å². The first-order valence-corrected chi connectivity index (χ1v) is 12.0. The Balaban J connectivity index is 1.45. The number of nitrogens with one attached hydrogen (secondary N) is 1. The molecule has 4 heterocycles. The molecule has 15 heteroatoms. The maximum absolute atomic E-state index is 13.4. The highest BCUT2D eigenvalue weighted by molar-refractivity contribution is 7.90. The summed E-state index contributed by atoms with van der Waals surface area (Å²) in [5.41, 5.74) is 0.714. The van der Waals surface area contributed by atoms with Crippen molar-refractivity contribution in [3.05, 3.63) is 42.7 Å². The SMILES string of the molecule is C[C@H](n1c(CO)nc2cnc(Nc3ccnc(-c4cnn(S(=O)(=O)C5CC5)c4)n3)cc21)C(F)(F)F. The minimum Gasteiger partial charge on any atom is -0.388 e. The predicted molar refractivity (Wildman–Crippen MR) is 118 cm³/mol. The number of hydrogen-bond donors (Lipinski definition) is 2. The van der Waals surface area contributed by atoms with Crippen LogP contribution < -0.4 is 5.32 Å². The molecular formula is C20H19F3N8O3S. The van der Waals surface area contributed by atoms with Crippen molar-refractivity contribution in [1.29, 1.82) is 0 Å². The minimum atomic E-state index is -4.55. The van der Waals surface area contributed by atoms with Crippen LogP contribution >= 0.6 is 0 Å². The average Bonchev–Trinajstić information content (AvgIpc) is 3.45. The molecule has 1 aliphatic carbocycles. The number of fused-ring (bicyclic) bond motifs is 1. The van der Waals surface area contributed by atoms with Crippen molar-refractivity contribution < 1.29 is 26.7 Å². The summed E-state index contributed by atoms with van der Waals surface area (Å²) in [6.45, 7) is 0.311. The van der Waals surface area contributed by atoms with Crippen LogP contribution in [0.15, 0.2) is 36.9 Å². The first-order chi connectivity index (χ1) is 16.6. The van der Waals surface area contributed by atoms with E-state index < -0.39 is 34.1 Å². The Morgan fingerprint density at radius 2 is 1.97 bits per heavy atom. The number of aliphatic hydroxyl groups excluding tert-OH is 1. The summed E-state index contributed by atoms with van der Waals surface area (Å²) in [4.78, 5) is 16.7. The number of halogens is 3. The molecule has 0 unspecified atom stereocenters. The Bertz CT molecular complexity index is 1510. The molecule has 35 heavy (non-hydrogen) atoms. The van der Waals surface area contributed by atoms with Crippen LogP contribution in [0.5, 0.6) is 0 Å². The molecule has 0 amide bonds. The Kier molecular flexibility index (Phi) is 5.47. The molecule has 2 N–H and O–H groups in total.